The van der Waals surface area contributed by atoms with E-state index in [2.05, 4.69) is 32.2 Å². The van der Waals surface area contributed by atoms with Gasteiger partial charge in [0.2, 0.25) is 0 Å². The Kier molecular flexibility index (Phi) is 8.18. The van der Waals surface area contributed by atoms with Crippen LogP contribution in [0.4, 0.5) is 16.2 Å². The first kappa shape index (κ1) is 25.2. The van der Waals surface area contributed by atoms with Crippen LogP contribution >= 0.6 is 11.3 Å². The Bertz CT molecular complexity index is 1270. The Morgan fingerprint density at radius 3 is 2.61 bits per heavy atom. The van der Waals surface area contributed by atoms with Gasteiger partial charge in [-0.25, -0.2) is 4.79 Å². The molecule has 2 aromatic carbocycles. The van der Waals surface area contributed by atoms with E-state index in [9.17, 15) is 10.1 Å². The number of urea groups is 1. The molecule has 8 nitrogen and oxygen atoms in total. The van der Waals surface area contributed by atoms with E-state index in [-0.39, 0.29) is 12.1 Å². The molecular formula is C27H30N6O2S. The van der Waals surface area contributed by atoms with Gasteiger partial charge in [0, 0.05) is 35.1 Å². The van der Waals surface area contributed by atoms with Crippen LogP contribution in [0.25, 0.3) is 11.6 Å². The zero-order valence-electron chi connectivity index (χ0n) is 20.7. The number of nitrogens with one attached hydrogen (secondary N) is 3. The summed E-state index contributed by atoms with van der Waals surface area (Å²) in [6, 6.07) is 15.7. The van der Waals surface area contributed by atoms with E-state index < -0.39 is 0 Å². The van der Waals surface area contributed by atoms with E-state index in [1.165, 1.54) is 17.8 Å². The minimum Gasteiger partial charge on any atom is -0.486 e. The topological polar surface area (TPSA) is 112 Å². The minimum atomic E-state index is -0.249. The average molecular weight is 503 g/mol. The van der Waals surface area contributed by atoms with Crippen molar-refractivity contribution in [3.05, 3.63) is 63.6 Å². The first-order valence-electron chi connectivity index (χ1n) is 12.0. The van der Waals surface area contributed by atoms with Crippen LogP contribution in [0.3, 0.4) is 0 Å². The van der Waals surface area contributed by atoms with Gasteiger partial charge in [0.1, 0.15) is 17.4 Å². The fourth-order valence-corrected chi connectivity index (χ4v) is 4.33. The van der Waals surface area contributed by atoms with Crippen molar-refractivity contribution in [2.45, 2.75) is 58.7 Å². The monoisotopic (exact) mass is 502 g/mol. The maximum absolute atomic E-state index is 11.9. The van der Waals surface area contributed by atoms with Gasteiger partial charge in [-0.1, -0.05) is 23.5 Å². The summed E-state index contributed by atoms with van der Waals surface area (Å²) < 4.78 is 5.96. The average Bonchev–Trinajstić information content (AvgIpc) is 3.24. The van der Waals surface area contributed by atoms with Crippen molar-refractivity contribution < 1.29 is 9.53 Å². The van der Waals surface area contributed by atoms with E-state index in [0.29, 0.717) is 29.7 Å². The molecule has 1 aliphatic carbocycles. The SMILES string of the molecule is Cc1nnc(COc2ccc(/C(C#N)=C/c3ccc(NC(=O)NC(C)C)cc3)c(NC3CCC3)c2)s1. The number of carbonyl (C=O) groups excluding carboxylic acids is 1. The number of ether oxygens (including phenoxy) is 1. The summed E-state index contributed by atoms with van der Waals surface area (Å²) in [4.78, 5) is 11.9. The zero-order valence-corrected chi connectivity index (χ0v) is 21.5. The van der Waals surface area contributed by atoms with Gasteiger partial charge in [0.25, 0.3) is 0 Å². The first-order chi connectivity index (χ1) is 17.4. The van der Waals surface area contributed by atoms with Crippen molar-refractivity contribution in [2.75, 3.05) is 10.6 Å². The number of allylic oxidation sites excluding steroid dienone is 1. The van der Waals surface area contributed by atoms with Crippen LogP contribution in [-0.4, -0.2) is 28.3 Å². The number of aryl methyl sites for hydroxylation is 1. The molecule has 1 aromatic heterocycles. The molecule has 3 N–H and O–H groups in total. The smallest absolute Gasteiger partial charge is 0.319 e. The highest BCUT2D eigenvalue weighted by Gasteiger charge is 2.20. The molecule has 4 rings (SSSR count). The Morgan fingerprint density at radius 2 is 2.00 bits per heavy atom. The summed E-state index contributed by atoms with van der Waals surface area (Å²) >= 11 is 1.51. The molecule has 0 bridgehead atoms. The van der Waals surface area contributed by atoms with Crippen molar-refractivity contribution in [2.24, 2.45) is 0 Å². The molecule has 9 heteroatoms. The molecule has 0 saturated heterocycles. The van der Waals surface area contributed by atoms with Crippen molar-refractivity contribution >= 4 is 40.4 Å². The minimum absolute atomic E-state index is 0.0542. The molecule has 1 aliphatic rings. The highest BCUT2D eigenvalue weighted by Crippen LogP contribution is 2.33. The number of amides is 2. The number of hydrogen-bond acceptors (Lipinski definition) is 7. The Morgan fingerprint density at radius 1 is 1.22 bits per heavy atom. The number of hydrogen-bond donors (Lipinski definition) is 3. The molecule has 186 valence electrons. The van der Waals surface area contributed by atoms with E-state index in [0.717, 1.165) is 39.7 Å². The van der Waals surface area contributed by atoms with E-state index in [4.69, 9.17) is 4.74 Å². The third kappa shape index (κ3) is 6.83. The van der Waals surface area contributed by atoms with Crippen LogP contribution in [-0.2, 0) is 6.61 Å². The van der Waals surface area contributed by atoms with Crippen molar-refractivity contribution in [1.29, 1.82) is 5.26 Å². The molecule has 1 saturated carbocycles. The van der Waals surface area contributed by atoms with Gasteiger partial charge in [-0.15, -0.1) is 10.2 Å². The van der Waals surface area contributed by atoms with Crippen LogP contribution in [0.15, 0.2) is 42.5 Å². The van der Waals surface area contributed by atoms with Crippen LogP contribution < -0.4 is 20.7 Å². The molecule has 1 fully saturated rings. The van der Waals surface area contributed by atoms with Gasteiger partial charge in [0.15, 0.2) is 5.01 Å². The Labute approximate surface area is 215 Å². The van der Waals surface area contributed by atoms with Crippen molar-refractivity contribution in [3.8, 4) is 11.8 Å². The second-order valence-electron chi connectivity index (χ2n) is 9.03. The number of anilines is 2. The van der Waals surface area contributed by atoms with Gasteiger partial charge >= 0.3 is 6.03 Å². The highest BCUT2D eigenvalue weighted by atomic mass is 32.1. The number of aromatic nitrogens is 2. The van der Waals surface area contributed by atoms with Crippen molar-refractivity contribution in [3.63, 3.8) is 0 Å². The molecule has 0 atom stereocenters. The molecule has 36 heavy (non-hydrogen) atoms. The normalized spacial score (nSPS) is 13.6. The standard InChI is InChI=1S/C27H30N6O2S/c1-17(2)29-27(34)31-22-9-7-19(8-10-22)13-20(15-28)24-12-11-23(14-25(24)30-21-5-4-6-21)35-16-26-33-32-18(3)36-26/h7-14,17,21,30H,4-6,16H2,1-3H3,(H2,29,31,34)/b20-13+. The van der Waals surface area contributed by atoms with Crippen molar-refractivity contribution in [1.82, 2.24) is 15.5 Å². The lowest BCUT2D eigenvalue weighted by molar-refractivity contribution is 0.250. The zero-order chi connectivity index (χ0) is 25.5. The predicted molar refractivity (Wildman–Crippen MR) is 144 cm³/mol. The fourth-order valence-electron chi connectivity index (χ4n) is 3.71. The molecular weight excluding hydrogens is 472 g/mol. The quantitative estimate of drug-likeness (QED) is 0.245. The molecule has 3 aromatic rings. The number of rotatable bonds is 9. The molecule has 2 amide bonds. The van der Waals surface area contributed by atoms with E-state index >= 15 is 0 Å². The highest BCUT2D eigenvalue weighted by molar-refractivity contribution is 7.11. The largest absolute Gasteiger partial charge is 0.486 e. The fraction of sp³-hybridized carbons (Fsp3) is 0.333. The second-order valence-corrected chi connectivity index (χ2v) is 10.3. The molecule has 0 aliphatic heterocycles. The van der Waals surface area contributed by atoms with Gasteiger partial charge in [-0.05, 0) is 75.9 Å². The summed E-state index contributed by atoms with van der Waals surface area (Å²) in [5.74, 6) is 0.709. The number of benzene rings is 2. The van der Waals surface area contributed by atoms with Gasteiger partial charge in [0.05, 0.1) is 11.6 Å². The summed E-state index contributed by atoms with van der Waals surface area (Å²) in [6.45, 7) is 6.08. The molecule has 1 heterocycles. The maximum atomic E-state index is 11.9. The Hall–Kier alpha value is -3.90. The van der Waals surface area contributed by atoms with E-state index in [1.807, 2.05) is 69.3 Å². The van der Waals surface area contributed by atoms with E-state index in [1.54, 1.807) is 0 Å². The number of nitriles is 1. The summed E-state index contributed by atoms with van der Waals surface area (Å²) in [5, 5.41) is 29.1. The lowest BCUT2D eigenvalue weighted by atomic mass is 9.92. The molecule has 0 radical (unpaired) electrons. The van der Waals surface area contributed by atoms with Crippen LogP contribution in [0.5, 0.6) is 5.75 Å². The maximum Gasteiger partial charge on any atom is 0.319 e. The number of carbonyl (C=O) groups is 1. The lowest BCUT2D eigenvalue weighted by Gasteiger charge is -2.28. The second kappa shape index (κ2) is 11.7. The predicted octanol–water partition coefficient (Wildman–Crippen LogP) is 5.98. The summed E-state index contributed by atoms with van der Waals surface area (Å²) in [7, 11) is 0. The molecule has 0 unspecified atom stereocenters. The van der Waals surface area contributed by atoms with Crippen LogP contribution in [0.2, 0.25) is 0 Å². The number of nitrogens with zero attached hydrogens (tertiary/aromatic N) is 3. The third-order valence-electron chi connectivity index (χ3n) is 5.70. The van der Waals surface area contributed by atoms with Crippen LogP contribution in [0.1, 0.15) is 54.3 Å². The first-order valence-corrected chi connectivity index (χ1v) is 12.8. The van der Waals surface area contributed by atoms with Gasteiger partial charge in [-0.3, -0.25) is 0 Å². The third-order valence-corrected chi connectivity index (χ3v) is 6.51. The Balaban J connectivity index is 1.53. The summed E-state index contributed by atoms with van der Waals surface area (Å²) in [6.07, 6.45) is 5.28. The van der Waals surface area contributed by atoms with Gasteiger partial charge in [-0.2, -0.15) is 5.26 Å². The van der Waals surface area contributed by atoms with Crippen LogP contribution in [0, 0.1) is 18.3 Å². The summed E-state index contributed by atoms with van der Waals surface area (Å²) in [5.41, 5.74) is 3.79. The molecule has 0 spiro atoms. The van der Waals surface area contributed by atoms with Gasteiger partial charge < -0.3 is 20.7 Å². The lowest BCUT2D eigenvalue weighted by Crippen LogP contribution is -2.34.